The molecule has 2 unspecified atom stereocenters. The van der Waals surface area contributed by atoms with Gasteiger partial charge in [0.05, 0.1) is 5.92 Å². The fourth-order valence-electron chi connectivity index (χ4n) is 3.09. The van der Waals surface area contributed by atoms with E-state index in [0.717, 1.165) is 5.56 Å². The predicted octanol–water partition coefficient (Wildman–Crippen LogP) is 1.90. The number of carboxylic acid groups (broad SMARTS) is 1. The molecule has 3 N–H and O–H groups in total. The van der Waals surface area contributed by atoms with Gasteiger partial charge in [-0.25, -0.2) is 4.79 Å². The highest BCUT2D eigenvalue weighted by Crippen LogP contribution is 2.34. The predicted molar refractivity (Wildman–Crippen MR) is 90.8 cm³/mol. The maximum absolute atomic E-state index is 12.3. The molecule has 1 heterocycles. The number of aliphatic carboxylic acids is 1. The van der Waals surface area contributed by atoms with E-state index in [1.165, 1.54) is 0 Å². The normalized spacial score (nSPS) is 19.1. The third kappa shape index (κ3) is 4.26. The number of carboxylic acids is 1. The van der Waals surface area contributed by atoms with Crippen molar-refractivity contribution in [2.24, 2.45) is 11.3 Å². The van der Waals surface area contributed by atoms with Crippen LogP contribution in [0.25, 0.3) is 0 Å². The van der Waals surface area contributed by atoms with Gasteiger partial charge < -0.3 is 20.4 Å². The number of benzene rings is 1. The largest absolute Gasteiger partial charge is 0.481 e. The number of carbonyl (C=O) groups is 2. The van der Waals surface area contributed by atoms with Crippen LogP contribution in [0.15, 0.2) is 30.3 Å². The molecule has 0 aromatic heterocycles. The van der Waals surface area contributed by atoms with E-state index in [2.05, 4.69) is 5.32 Å². The van der Waals surface area contributed by atoms with Gasteiger partial charge in [0.15, 0.2) is 0 Å². The van der Waals surface area contributed by atoms with Crippen molar-refractivity contribution in [3.8, 4) is 0 Å². The van der Waals surface area contributed by atoms with E-state index in [1.807, 2.05) is 44.2 Å². The Kier molecular flexibility index (Phi) is 5.83. The third-order valence-corrected chi connectivity index (χ3v) is 4.83. The van der Waals surface area contributed by atoms with Crippen molar-refractivity contribution in [3.63, 3.8) is 0 Å². The topological polar surface area (TPSA) is 89.9 Å². The van der Waals surface area contributed by atoms with E-state index < -0.39 is 11.9 Å². The molecule has 1 saturated heterocycles. The summed E-state index contributed by atoms with van der Waals surface area (Å²) in [4.78, 5) is 24.9. The number of likely N-dealkylation sites (tertiary alicyclic amines) is 1. The second-order valence-electron chi connectivity index (χ2n) is 7.07. The second-order valence-corrected chi connectivity index (χ2v) is 7.07. The quantitative estimate of drug-likeness (QED) is 0.741. The van der Waals surface area contributed by atoms with Crippen LogP contribution in [0.4, 0.5) is 4.79 Å². The van der Waals surface area contributed by atoms with Gasteiger partial charge in [-0.2, -0.15) is 0 Å². The van der Waals surface area contributed by atoms with Gasteiger partial charge in [-0.3, -0.25) is 4.79 Å². The lowest BCUT2D eigenvalue weighted by molar-refractivity contribution is -0.141. The Labute approximate surface area is 142 Å². The van der Waals surface area contributed by atoms with E-state index in [4.69, 9.17) is 5.11 Å². The smallest absolute Gasteiger partial charge is 0.317 e. The molecule has 2 amide bonds. The monoisotopic (exact) mass is 334 g/mol. The van der Waals surface area contributed by atoms with Gasteiger partial charge in [0, 0.05) is 32.2 Å². The van der Waals surface area contributed by atoms with E-state index in [9.17, 15) is 14.7 Å². The fourth-order valence-corrected chi connectivity index (χ4v) is 3.09. The van der Waals surface area contributed by atoms with Crippen LogP contribution in [-0.4, -0.2) is 53.4 Å². The molecule has 1 aromatic carbocycles. The average molecular weight is 334 g/mol. The number of nitrogens with zero attached hydrogens (tertiary/aromatic N) is 1. The lowest BCUT2D eigenvalue weighted by Gasteiger charge is -2.33. The summed E-state index contributed by atoms with van der Waals surface area (Å²) in [7, 11) is 0. The van der Waals surface area contributed by atoms with Crippen molar-refractivity contribution in [2.45, 2.75) is 26.2 Å². The number of hydrogen-bond donors (Lipinski definition) is 3. The molecule has 1 aliphatic rings. The molecule has 0 radical (unpaired) electrons. The van der Waals surface area contributed by atoms with Gasteiger partial charge in [-0.05, 0) is 17.4 Å². The summed E-state index contributed by atoms with van der Waals surface area (Å²) < 4.78 is 0. The fraction of sp³-hybridized carbons (Fsp3) is 0.556. The number of aliphatic hydroxyl groups excluding tert-OH is 1. The molecule has 0 saturated carbocycles. The highest BCUT2D eigenvalue weighted by molar-refractivity contribution is 5.77. The van der Waals surface area contributed by atoms with Crippen LogP contribution in [0, 0.1) is 11.3 Å². The Morgan fingerprint density at radius 1 is 1.33 bits per heavy atom. The number of hydrogen-bond acceptors (Lipinski definition) is 3. The van der Waals surface area contributed by atoms with Crippen LogP contribution in [-0.2, 0) is 4.79 Å². The number of amides is 2. The summed E-state index contributed by atoms with van der Waals surface area (Å²) in [6.45, 7) is 5.04. The standard InChI is InChI=1S/C18H26N2O4/c1-18(2,12-21)15(13-6-4-3-5-7-13)10-19-17(24)20-9-8-14(11-20)16(22)23/h3-7,14-15,21H,8-12H2,1-2H3,(H,19,24)(H,22,23). The highest BCUT2D eigenvalue weighted by atomic mass is 16.4. The minimum absolute atomic E-state index is 0.00718. The van der Waals surface area contributed by atoms with Gasteiger partial charge in [-0.15, -0.1) is 0 Å². The van der Waals surface area contributed by atoms with Gasteiger partial charge >= 0.3 is 12.0 Å². The van der Waals surface area contributed by atoms with E-state index in [0.29, 0.717) is 19.5 Å². The van der Waals surface area contributed by atoms with E-state index in [-0.39, 0.29) is 30.5 Å². The van der Waals surface area contributed by atoms with Crippen LogP contribution in [0.1, 0.15) is 31.7 Å². The molecule has 0 spiro atoms. The minimum Gasteiger partial charge on any atom is -0.481 e. The molecule has 6 heteroatoms. The Morgan fingerprint density at radius 3 is 2.54 bits per heavy atom. The lowest BCUT2D eigenvalue weighted by Crippen LogP contribution is -2.43. The summed E-state index contributed by atoms with van der Waals surface area (Å²) in [6, 6.07) is 9.55. The van der Waals surface area contributed by atoms with E-state index >= 15 is 0 Å². The molecule has 132 valence electrons. The molecular formula is C18H26N2O4. The molecule has 2 rings (SSSR count). The highest BCUT2D eigenvalue weighted by Gasteiger charge is 2.33. The maximum atomic E-state index is 12.3. The molecule has 1 fully saturated rings. The SMILES string of the molecule is CC(C)(CO)C(CNC(=O)N1CCC(C(=O)O)C1)c1ccccc1. The molecule has 0 bridgehead atoms. The average Bonchev–Trinajstić information content (AvgIpc) is 3.06. The Balaban J connectivity index is 2.01. The first-order chi connectivity index (χ1) is 11.3. The van der Waals surface area contributed by atoms with Crippen LogP contribution in [0.3, 0.4) is 0 Å². The summed E-state index contributed by atoms with van der Waals surface area (Å²) in [6.07, 6.45) is 0.493. The molecule has 0 aliphatic carbocycles. The summed E-state index contributed by atoms with van der Waals surface area (Å²) in [5.74, 6) is -1.37. The molecule has 2 atom stereocenters. The zero-order valence-corrected chi connectivity index (χ0v) is 14.2. The summed E-state index contributed by atoms with van der Waals surface area (Å²) in [5.41, 5.74) is 0.671. The second kappa shape index (κ2) is 7.66. The van der Waals surface area contributed by atoms with Crippen molar-refractivity contribution < 1.29 is 19.8 Å². The van der Waals surface area contributed by atoms with Crippen molar-refractivity contribution in [3.05, 3.63) is 35.9 Å². The number of nitrogens with one attached hydrogen (secondary N) is 1. The van der Waals surface area contributed by atoms with Crippen molar-refractivity contribution in [1.29, 1.82) is 0 Å². The van der Waals surface area contributed by atoms with Gasteiger partial charge in [0.1, 0.15) is 0 Å². The van der Waals surface area contributed by atoms with Crippen molar-refractivity contribution in [2.75, 3.05) is 26.2 Å². The molecule has 1 aliphatic heterocycles. The number of urea groups is 1. The van der Waals surface area contributed by atoms with Crippen LogP contribution in [0.5, 0.6) is 0 Å². The Hall–Kier alpha value is -2.08. The zero-order chi connectivity index (χ0) is 17.7. The molecule has 24 heavy (non-hydrogen) atoms. The zero-order valence-electron chi connectivity index (χ0n) is 14.2. The first-order valence-electron chi connectivity index (χ1n) is 8.26. The summed E-state index contributed by atoms with van der Waals surface area (Å²) >= 11 is 0. The molecule has 6 nitrogen and oxygen atoms in total. The summed E-state index contributed by atoms with van der Waals surface area (Å²) in [5, 5.41) is 21.6. The van der Waals surface area contributed by atoms with Crippen LogP contribution in [0.2, 0.25) is 0 Å². The minimum atomic E-state index is -0.853. The number of rotatable bonds is 6. The third-order valence-electron chi connectivity index (χ3n) is 4.83. The van der Waals surface area contributed by atoms with Crippen molar-refractivity contribution >= 4 is 12.0 Å². The van der Waals surface area contributed by atoms with Crippen molar-refractivity contribution in [1.82, 2.24) is 10.2 Å². The Morgan fingerprint density at radius 2 is 2.00 bits per heavy atom. The van der Waals surface area contributed by atoms with Gasteiger partial charge in [0.25, 0.3) is 0 Å². The molecule has 1 aromatic rings. The van der Waals surface area contributed by atoms with Crippen LogP contribution < -0.4 is 5.32 Å². The maximum Gasteiger partial charge on any atom is 0.317 e. The van der Waals surface area contributed by atoms with Crippen LogP contribution >= 0.6 is 0 Å². The van der Waals surface area contributed by atoms with Gasteiger partial charge in [0.2, 0.25) is 0 Å². The number of aliphatic hydroxyl groups is 1. The Bertz CT molecular complexity index is 574. The number of carbonyl (C=O) groups excluding carboxylic acids is 1. The lowest BCUT2D eigenvalue weighted by atomic mass is 9.75. The van der Waals surface area contributed by atoms with Gasteiger partial charge in [-0.1, -0.05) is 44.2 Å². The first kappa shape index (κ1) is 18.3. The first-order valence-corrected chi connectivity index (χ1v) is 8.26. The van der Waals surface area contributed by atoms with E-state index in [1.54, 1.807) is 4.90 Å². The molecular weight excluding hydrogens is 308 g/mol.